The molecule has 3 aliphatic rings. The van der Waals surface area contributed by atoms with Gasteiger partial charge in [-0.2, -0.15) is 5.10 Å². The maximum atomic E-state index is 12.9. The highest BCUT2D eigenvalue weighted by Crippen LogP contribution is 2.42. The quantitative estimate of drug-likeness (QED) is 0.916. The predicted octanol–water partition coefficient (Wildman–Crippen LogP) is 3.44. The maximum absolute atomic E-state index is 12.9. The lowest BCUT2D eigenvalue weighted by molar-refractivity contribution is -0.117. The van der Waals surface area contributed by atoms with E-state index >= 15 is 0 Å². The highest BCUT2D eigenvalue weighted by molar-refractivity contribution is 6.20. The molecule has 3 atom stereocenters. The number of aromatic nitrogens is 2. The summed E-state index contributed by atoms with van der Waals surface area (Å²) >= 11 is 0. The SMILES string of the molecule is CC1C2C=Nc3cc(C4CC4)nn3C1NC(=O)C(c1ccccc1)=C2. The van der Waals surface area contributed by atoms with Gasteiger partial charge in [-0.05, 0) is 18.4 Å². The summed E-state index contributed by atoms with van der Waals surface area (Å²) in [5, 5.41) is 7.97. The summed E-state index contributed by atoms with van der Waals surface area (Å²) in [7, 11) is 0. The zero-order valence-electron chi connectivity index (χ0n) is 14.1. The third-order valence-corrected chi connectivity index (χ3v) is 5.45. The van der Waals surface area contributed by atoms with Gasteiger partial charge in [-0.25, -0.2) is 9.67 Å². The van der Waals surface area contributed by atoms with Crippen molar-refractivity contribution in [1.29, 1.82) is 0 Å². The molecule has 1 saturated carbocycles. The molecule has 1 aromatic carbocycles. The van der Waals surface area contributed by atoms with Crippen molar-refractivity contribution in [3.63, 3.8) is 0 Å². The van der Waals surface area contributed by atoms with Crippen LogP contribution in [0.5, 0.6) is 0 Å². The molecule has 3 unspecified atom stereocenters. The molecule has 1 N–H and O–H groups in total. The molecule has 2 bridgehead atoms. The number of carbonyl (C=O) groups is 1. The van der Waals surface area contributed by atoms with Gasteiger partial charge in [-0.3, -0.25) is 4.79 Å². The van der Waals surface area contributed by atoms with E-state index < -0.39 is 0 Å². The highest BCUT2D eigenvalue weighted by Gasteiger charge is 2.37. The summed E-state index contributed by atoms with van der Waals surface area (Å²) < 4.78 is 1.91. The van der Waals surface area contributed by atoms with Crippen LogP contribution in [0.4, 0.5) is 5.82 Å². The van der Waals surface area contributed by atoms with Gasteiger partial charge in [0.15, 0.2) is 5.82 Å². The molecule has 2 aliphatic heterocycles. The first-order valence-electron chi connectivity index (χ1n) is 8.92. The van der Waals surface area contributed by atoms with Crippen LogP contribution in [0.15, 0.2) is 47.5 Å². The number of benzene rings is 1. The Morgan fingerprint density at radius 1 is 1.20 bits per heavy atom. The van der Waals surface area contributed by atoms with E-state index in [2.05, 4.69) is 23.3 Å². The topological polar surface area (TPSA) is 59.3 Å². The number of hydrogen-bond donors (Lipinski definition) is 1. The maximum Gasteiger partial charge on any atom is 0.253 e. The molecule has 1 amide bonds. The number of amides is 1. The molecular formula is C20H20N4O. The van der Waals surface area contributed by atoms with E-state index in [9.17, 15) is 4.79 Å². The minimum absolute atomic E-state index is 0.0460. The van der Waals surface area contributed by atoms with Crippen molar-refractivity contribution in [1.82, 2.24) is 15.1 Å². The predicted molar refractivity (Wildman–Crippen MR) is 96.6 cm³/mol. The minimum Gasteiger partial charge on any atom is -0.330 e. The molecule has 5 nitrogen and oxygen atoms in total. The molecular weight excluding hydrogens is 312 g/mol. The van der Waals surface area contributed by atoms with Crippen molar-refractivity contribution in [3.05, 3.63) is 53.7 Å². The van der Waals surface area contributed by atoms with Crippen LogP contribution in [-0.4, -0.2) is 21.9 Å². The van der Waals surface area contributed by atoms with Gasteiger partial charge in [-0.1, -0.05) is 43.3 Å². The monoisotopic (exact) mass is 332 g/mol. The highest BCUT2D eigenvalue weighted by atomic mass is 16.2. The zero-order chi connectivity index (χ0) is 17.0. The second-order valence-corrected chi connectivity index (χ2v) is 7.23. The van der Waals surface area contributed by atoms with Gasteiger partial charge in [0, 0.05) is 35.6 Å². The second kappa shape index (κ2) is 5.41. The van der Waals surface area contributed by atoms with Gasteiger partial charge in [0.2, 0.25) is 0 Å². The second-order valence-electron chi connectivity index (χ2n) is 7.23. The molecule has 1 aromatic heterocycles. The molecule has 1 fully saturated rings. The normalized spacial score (nSPS) is 27.8. The Hall–Kier alpha value is -2.69. The molecule has 5 rings (SSSR count). The fourth-order valence-electron chi connectivity index (χ4n) is 3.73. The summed E-state index contributed by atoms with van der Waals surface area (Å²) in [5.41, 5.74) is 2.75. The molecule has 3 heterocycles. The summed E-state index contributed by atoms with van der Waals surface area (Å²) in [6.45, 7) is 2.15. The number of nitrogens with zero attached hydrogens (tertiary/aromatic N) is 3. The number of fused-ring (bicyclic) bond motifs is 4. The van der Waals surface area contributed by atoms with Crippen LogP contribution in [0, 0.1) is 11.8 Å². The Morgan fingerprint density at radius 3 is 2.76 bits per heavy atom. The molecule has 25 heavy (non-hydrogen) atoms. The molecule has 2 aromatic rings. The van der Waals surface area contributed by atoms with Crippen LogP contribution >= 0.6 is 0 Å². The van der Waals surface area contributed by atoms with E-state index in [1.165, 1.54) is 12.8 Å². The summed E-state index contributed by atoms with van der Waals surface area (Å²) in [5.74, 6) is 1.64. The van der Waals surface area contributed by atoms with Crippen LogP contribution in [0.1, 0.15) is 43.1 Å². The lowest BCUT2D eigenvalue weighted by atomic mass is 9.91. The first-order valence-corrected chi connectivity index (χ1v) is 8.92. The van der Waals surface area contributed by atoms with Gasteiger partial charge >= 0.3 is 0 Å². The van der Waals surface area contributed by atoms with Crippen LogP contribution in [-0.2, 0) is 4.79 Å². The van der Waals surface area contributed by atoms with E-state index in [1.54, 1.807) is 0 Å². The Morgan fingerprint density at radius 2 is 2.00 bits per heavy atom. The average Bonchev–Trinajstić information content (AvgIpc) is 3.42. The van der Waals surface area contributed by atoms with Gasteiger partial charge in [-0.15, -0.1) is 0 Å². The molecule has 0 spiro atoms. The summed E-state index contributed by atoms with van der Waals surface area (Å²) in [6.07, 6.45) is 6.25. The van der Waals surface area contributed by atoms with Crippen molar-refractivity contribution in [2.24, 2.45) is 16.8 Å². The number of allylic oxidation sites excluding steroid dienone is 1. The van der Waals surface area contributed by atoms with E-state index in [4.69, 9.17) is 5.10 Å². The van der Waals surface area contributed by atoms with Gasteiger partial charge in [0.1, 0.15) is 6.17 Å². The Labute approximate surface area is 146 Å². The molecule has 126 valence electrons. The minimum atomic E-state index is -0.181. The number of rotatable bonds is 2. The fraction of sp³-hybridized carbons (Fsp3) is 0.350. The molecule has 5 heteroatoms. The van der Waals surface area contributed by atoms with Crippen LogP contribution in [0.2, 0.25) is 0 Å². The standard InChI is InChI=1S/C20H20N4O/c1-12-15-9-16(13-5-3-2-4-6-13)20(25)22-19(12)24-18(21-11-15)10-17(23-24)14-7-8-14/h2-6,9-12,14-15,19H,7-8H2,1H3,(H,22,25). The number of aliphatic imine (C=N–C) groups is 1. The third-order valence-electron chi connectivity index (χ3n) is 5.45. The van der Waals surface area contributed by atoms with Gasteiger partial charge in [0.25, 0.3) is 5.91 Å². The van der Waals surface area contributed by atoms with E-state index in [-0.39, 0.29) is 23.9 Å². The van der Waals surface area contributed by atoms with E-state index in [1.807, 2.05) is 47.3 Å². The zero-order valence-corrected chi connectivity index (χ0v) is 14.1. The smallest absolute Gasteiger partial charge is 0.253 e. The van der Waals surface area contributed by atoms with Gasteiger partial charge in [0.05, 0.1) is 5.69 Å². The van der Waals surface area contributed by atoms with Crippen LogP contribution in [0.25, 0.3) is 5.57 Å². The number of nitrogens with one attached hydrogen (secondary N) is 1. The number of carbonyl (C=O) groups excluding carboxylic acids is 1. The van der Waals surface area contributed by atoms with Crippen molar-refractivity contribution in [2.75, 3.05) is 0 Å². The van der Waals surface area contributed by atoms with E-state index in [0.29, 0.717) is 11.5 Å². The summed E-state index contributed by atoms with van der Waals surface area (Å²) in [4.78, 5) is 17.6. The number of hydrogen-bond acceptors (Lipinski definition) is 3. The van der Waals surface area contributed by atoms with Crippen molar-refractivity contribution in [2.45, 2.75) is 31.8 Å². The van der Waals surface area contributed by atoms with E-state index in [0.717, 1.165) is 17.1 Å². The van der Waals surface area contributed by atoms with Gasteiger partial charge < -0.3 is 5.32 Å². The molecule has 0 radical (unpaired) electrons. The Kier molecular flexibility index (Phi) is 3.17. The average molecular weight is 332 g/mol. The third kappa shape index (κ3) is 2.42. The Bertz CT molecular complexity index is 892. The first-order chi connectivity index (χ1) is 12.2. The van der Waals surface area contributed by atoms with Crippen molar-refractivity contribution < 1.29 is 4.79 Å². The molecule has 1 aliphatic carbocycles. The lowest BCUT2D eigenvalue weighted by Crippen LogP contribution is -2.36. The lowest BCUT2D eigenvalue weighted by Gasteiger charge is -2.25. The van der Waals surface area contributed by atoms with Crippen molar-refractivity contribution in [3.8, 4) is 0 Å². The molecule has 0 saturated heterocycles. The Balaban J connectivity index is 1.58. The largest absolute Gasteiger partial charge is 0.330 e. The fourth-order valence-corrected chi connectivity index (χ4v) is 3.73. The van der Waals surface area contributed by atoms with Crippen molar-refractivity contribution >= 4 is 23.5 Å². The van der Waals surface area contributed by atoms with Crippen LogP contribution < -0.4 is 5.32 Å². The first kappa shape index (κ1) is 14.6. The summed E-state index contributed by atoms with van der Waals surface area (Å²) in [6, 6.07) is 11.9. The van der Waals surface area contributed by atoms with Crippen LogP contribution in [0.3, 0.4) is 0 Å².